The molecule has 1 aromatic heterocycles. The number of hydrogen-bond donors (Lipinski definition) is 0. The lowest BCUT2D eigenvalue weighted by molar-refractivity contribution is -0.134. The zero-order valence-electron chi connectivity index (χ0n) is 13.0. The highest BCUT2D eigenvalue weighted by atomic mass is 16.5. The Morgan fingerprint density at radius 3 is 2.64 bits per heavy atom. The number of ether oxygens (including phenoxy) is 1. The van der Waals surface area contributed by atoms with Crippen LogP contribution in [0.2, 0.25) is 0 Å². The van der Waals surface area contributed by atoms with Crippen LogP contribution in [0.4, 0.5) is 5.95 Å². The zero-order chi connectivity index (χ0) is 15.4. The van der Waals surface area contributed by atoms with Crippen LogP contribution >= 0.6 is 0 Å². The third kappa shape index (κ3) is 3.53. The van der Waals surface area contributed by atoms with Gasteiger partial charge in [-0.2, -0.15) is 0 Å². The van der Waals surface area contributed by atoms with Gasteiger partial charge in [0, 0.05) is 51.2 Å². The van der Waals surface area contributed by atoms with Gasteiger partial charge in [0.05, 0.1) is 19.8 Å². The number of rotatable bonds is 3. The molecule has 2 saturated heterocycles. The highest BCUT2D eigenvalue weighted by Gasteiger charge is 2.26. The highest BCUT2D eigenvalue weighted by Crippen LogP contribution is 2.11. The lowest BCUT2D eigenvalue weighted by Gasteiger charge is -2.37. The van der Waals surface area contributed by atoms with Crippen LogP contribution in [0.3, 0.4) is 0 Å². The van der Waals surface area contributed by atoms with Crippen LogP contribution < -0.4 is 4.90 Å². The first-order chi connectivity index (χ1) is 10.7. The predicted octanol–water partition coefficient (Wildman–Crippen LogP) is -0.154. The predicted molar refractivity (Wildman–Crippen MR) is 82.7 cm³/mol. The molecule has 3 heterocycles. The fraction of sp³-hybridized carbons (Fsp3) is 0.667. The van der Waals surface area contributed by atoms with E-state index in [9.17, 15) is 4.79 Å². The van der Waals surface area contributed by atoms with Gasteiger partial charge in [-0.15, -0.1) is 0 Å². The van der Waals surface area contributed by atoms with Crippen LogP contribution in [0.15, 0.2) is 18.5 Å². The molecule has 1 atom stereocenters. The van der Waals surface area contributed by atoms with Crippen LogP contribution in [0, 0.1) is 0 Å². The van der Waals surface area contributed by atoms with Crippen molar-refractivity contribution in [3.63, 3.8) is 0 Å². The third-order valence-corrected chi connectivity index (χ3v) is 4.31. The minimum atomic E-state index is 0.211. The van der Waals surface area contributed by atoms with Crippen molar-refractivity contribution in [3.8, 4) is 0 Å². The second-order valence-electron chi connectivity index (χ2n) is 5.81. The van der Waals surface area contributed by atoms with Gasteiger partial charge in [-0.25, -0.2) is 9.97 Å². The fourth-order valence-electron chi connectivity index (χ4n) is 2.88. The molecule has 0 saturated carbocycles. The first-order valence-electron chi connectivity index (χ1n) is 7.85. The Labute approximate surface area is 130 Å². The number of anilines is 1. The van der Waals surface area contributed by atoms with E-state index in [1.807, 2.05) is 11.0 Å². The number of piperazine rings is 1. The van der Waals surface area contributed by atoms with E-state index in [0.717, 1.165) is 45.3 Å². The molecule has 1 amide bonds. The Morgan fingerprint density at radius 2 is 1.95 bits per heavy atom. The minimum Gasteiger partial charge on any atom is -0.379 e. The van der Waals surface area contributed by atoms with Gasteiger partial charge in [0.1, 0.15) is 0 Å². The van der Waals surface area contributed by atoms with E-state index >= 15 is 0 Å². The molecule has 2 aliphatic heterocycles. The number of hydrogen-bond acceptors (Lipinski definition) is 6. The molecular weight excluding hydrogens is 282 g/mol. The zero-order valence-corrected chi connectivity index (χ0v) is 13.0. The average Bonchev–Trinajstić information content (AvgIpc) is 2.58. The molecule has 2 fully saturated rings. The van der Waals surface area contributed by atoms with Crippen LogP contribution in [0.1, 0.15) is 6.92 Å². The molecular formula is C15H23N5O2. The van der Waals surface area contributed by atoms with Crippen LogP contribution in [0.5, 0.6) is 0 Å². The summed E-state index contributed by atoms with van der Waals surface area (Å²) >= 11 is 0. The van der Waals surface area contributed by atoms with E-state index in [2.05, 4.69) is 26.7 Å². The maximum atomic E-state index is 12.4. The van der Waals surface area contributed by atoms with Crippen molar-refractivity contribution in [2.24, 2.45) is 0 Å². The smallest absolute Gasteiger partial charge is 0.236 e. The van der Waals surface area contributed by atoms with Gasteiger partial charge in [-0.3, -0.25) is 9.69 Å². The third-order valence-electron chi connectivity index (χ3n) is 4.31. The van der Waals surface area contributed by atoms with Crippen molar-refractivity contribution in [2.45, 2.75) is 13.0 Å². The summed E-state index contributed by atoms with van der Waals surface area (Å²) in [5.74, 6) is 0.957. The first kappa shape index (κ1) is 15.2. The minimum absolute atomic E-state index is 0.211. The van der Waals surface area contributed by atoms with Crippen LogP contribution in [-0.4, -0.2) is 84.2 Å². The molecule has 3 rings (SSSR count). The van der Waals surface area contributed by atoms with E-state index in [4.69, 9.17) is 4.74 Å². The molecule has 7 nitrogen and oxygen atoms in total. The summed E-state index contributed by atoms with van der Waals surface area (Å²) in [4.78, 5) is 27.3. The summed E-state index contributed by atoms with van der Waals surface area (Å²) in [6.45, 7) is 7.91. The van der Waals surface area contributed by atoms with Crippen molar-refractivity contribution in [1.29, 1.82) is 0 Å². The van der Waals surface area contributed by atoms with Gasteiger partial charge < -0.3 is 14.5 Å². The fourth-order valence-corrected chi connectivity index (χ4v) is 2.88. The van der Waals surface area contributed by atoms with Crippen molar-refractivity contribution in [3.05, 3.63) is 18.5 Å². The Hall–Kier alpha value is -1.73. The summed E-state index contributed by atoms with van der Waals surface area (Å²) in [6, 6.07) is 2.13. The van der Waals surface area contributed by atoms with Crippen molar-refractivity contribution >= 4 is 11.9 Å². The average molecular weight is 305 g/mol. The summed E-state index contributed by atoms with van der Waals surface area (Å²) in [5, 5.41) is 0. The number of nitrogens with zero attached hydrogens (tertiary/aromatic N) is 5. The highest BCUT2D eigenvalue weighted by molar-refractivity contribution is 5.78. The quantitative estimate of drug-likeness (QED) is 0.774. The molecule has 120 valence electrons. The van der Waals surface area contributed by atoms with E-state index in [1.54, 1.807) is 12.4 Å². The summed E-state index contributed by atoms with van der Waals surface area (Å²) in [6.07, 6.45) is 3.50. The second kappa shape index (κ2) is 7.02. The largest absolute Gasteiger partial charge is 0.379 e. The molecule has 22 heavy (non-hydrogen) atoms. The molecule has 0 radical (unpaired) electrons. The lowest BCUT2D eigenvalue weighted by atomic mass is 10.2. The number of carbonyl (C=O) groups excluding carboxylic acids is 1. The molecule has 0 spiro atoms. The van der Waals surface area contributed by atoms with Gasteiger partial charge in [-0.1, -0.05) is 0 Å². The van der Waals surface area contributed by atoms with E-state index in [1.165, 1.54) is 0 Å². The maximum Gasteiger partial charge on any atom is 0.236 e. The van der Waals surface area contributed by atoms with Crippen LogP contribution in [-0.2, 0) is 9.53 Å². The Kier molecular flexibility index (Phi) is 4.84. The van der Waals surface area contributed by atoms with Crippen molar-refractivity contribution < 1.29 is 9.53 Å². The SMILES string of the molecule is CC1COCCN1CC(=O)N1CCN(c2ncccn2)CC1. The van der Waals surface area contributed by atoms with Gasteiger partial charge >= 0.3 is 0 Å². The Morgan fingerprint density at radius 1 is 1.23 bits per heavy atom. The molecule has 0 bridgehead atoms. The van der Waals surface area contributed by atoms with Gasteiger partial charge in [0.2, 0.25) is 11.9 Å². The molecule has 7 heteroatoms. The molecule has 0 N–H and O–H groups in total. The molecule has 2 aliphatic rings. The van der Waals surface area contributed by atoms with Crippen molar-refractivity contribution in [1.82, 2.24) is 19.8 Å². The summed E-state index contributed by atoms with van der Waals surface area (Å²) in [7, 11) is 0. The second-order valence-corrected chi connectivity index (χ2v) is 5.81. The molecule has 1 unspecified atom stereocenters. The van der Waals surface area contributed by atoms with E-state index in [0.29, 0.717) is 19.2 Å². The number of carbonyl (C=O) groups is 1. The normalized spacial score (nSPS) is 23.6. The van der Waals surface area contributed by atoms with Gasteiger partial charge in [-0.05, 0) is 13.0 Å². The topological polar surface area (TPSA) is 61.8 Å². The molecule has 1 aromatic rings. The van der Waals surface area contributed by atoms with Crippen molar-refractivity contribution in [2.75, 3.05) is 57.4 Å². The number of amides is 1. The van der Waals surface area contributed by atoms with Gasteiger partial charge in [0.25, 0.3) is 0 Å². The van der Waals surface area contributed by atoms with E-state index < -0.39 is 0 Å². The lowest BCUT2D eigenvalue weighted by Crippen LogP contribution is -2.54. The molecule has 0 aromatic carbocycles. The number of aromatic nitrogens is 2. The monoisotopic (exact) mass is 305 g/mol. The Balaban J connectivity index is 1.49. The Bertz CT molecular complexity index is 490. The van der Waals surface area contributed by atoms with E-state index in [-0.39, 0.29) is 5.91 Å². The summed E-state index contributed by atoms with van der Waals surface area (Å²) in [5.41, 5.74) is 0. The molecule has 0 aliphatic carbocycles. The summed E-state index contributed by atoms with van der Waals surface area (Å²) < 4.78 is 5.41. The first-order valence-corrected chi connectivity index (χ1v) is 7.85. The van der Waals surface area contributed by atoms with Gasteiger partial charge in [0.15, 0.2) is 0 Å². The van der Waals surface area contributed by atoms with Crippen LogP contribution in [0.25, 0.3) is 0 Å². The number of morpholine rings is 1. The maximum absolute atomic E-state index is 12.4. The standard InChI is InChI=1S/C15H23N5O2/c1-13-12-22-10-9-20(13)11-14(21)18-5-7-19(8-6-18)15-16-3-2-4-17-15/h2-4,13H,5-12H2,1H3.